The third-order valence-electron chi connectivity index (χ3n) is 1.26. The van der Waals surface area contributed by atoms with E-state index in [-0.39, 0.29) is 6.61 Å². The van der Waals surface area contributed by atoms with E-state index in [2.05, 4.69) is 11.1 Å². The number of hydrogen-bond acceptors (Lipinski definition) is 5. The molecule has 0 bridgehead atoms. The molecule has 0 aromatic heterocycles. The maximum atomic E-state index is 10.9. The topological polar surface area (TPSA) is 72.8 Å². The van der Waals surface area contributed by atoms with Crippen molar-refractivity contribution in [3.05, 3.63) is 12.2 Å². The highest BCUT2D eigenvalue weighted by Gasteiger charge is 2.01. The Hall–Kier alpha value is -0.290. The Labute approximate surface area is 93.8 Å². The molecule has 0 aliphatic heterocycles. The van der Waals surface area contributed by atoms with Gasteiger partial charge in [0.25, 0.3) is 0 Å². The number of ether oxygens (including phenoxy) is 1. The van der Waals surface area contributed by atoms with Gasteiger partial charge in [0.05, 0.1) is 6.61 Å². The van der Waals surface area contributed by atoms with Crippen LogP contribution >= 0.6 is 20.0 Å². The van der Waals surface area contributed by atoms with Gasteiger partial charge in [-0.3, -0.25) is 4.57 Å². The largest absolute Gasteiger partial charge is 0.461 e. The fourth-order valence-corrected chi connectivity index (χ4v) is 1.64. The molecule has 0 aromatic carbocycles. The number of carbonyl (C=O) groups is 1. The first-order chi connectivity index (χ1) is 7.04. The zero-order valence-electron chi connectivity index (χ0n) is 8.52. The lowest BCUT2D eigenvalue weighted by atomic mass is 10.4. The standard InChI is InChI=1S/C8H15O5PS/c1-7(2)8(9)12-3-5-15-6-4-13-14(10)11/h14H,1,3-6H2,2H3,(H,10,11). The molecule has 0 amide bonds. The molecule has 0 saturated heterocycles. The number of carbonyl (C=O) groups excluding carboxylic acids is 1. The fourth-order valence-electron chi connectivity index (χ4n) is 0.606. The molecule has 1 unspecified atom stereocenters. The van der Waals surface area contributed by atoms with E-state index in [1.807, 2.05) is 0 Å². The highest BCUT2D eigenvalue weighted by Crippen LogP contribution is 2.14. The molecule has 1 N–H and O–H groups in total. The van der Waals surface area contributed by atoms with Gasteiger partial charge in [-0.25, -0.2) is 4.79 Å². The lowest BCUT2D eigenvalue weighted by Gasteiger charge is -2.03. The fraction of sp³-hybridized carbons (Fsp3) is 0.625. The van der Waals surface area contributed by atoms with Gasteiger partial charge < -0.3 is 14.2 Å². The second-order valence-electron chi connectivity index (χ2n) is 2.64. The van der Waals surface area contributed by atoms with Gasteiger partial charge in [0.15, 0.2) is 0 Å². The smallest absolute Gasteiger partial charge is 0.333 e. The van der Waals surface area contributed by atoms with Gasteiger partial charge in [0, 0.05) is 17.1 Å². The van der Waals surface area contributed by atoms with E-state index in [1.165, 1.54) is 11.8 Å². The van der Waals surface area contributed by atoms with E-state index < -0.39 is 14.2 Å². The van der Waals surface area contributed by atoms with Crippen LogP contribution in [0.3, 0.4) is 0 Å². The van der Waals surface area contributed by atoms with Crippen molar-refractivity contribution in [2.75, 3.05) is 24.7 Å². The van der Waals surface area contributed by atoms with E-state index in [1.54, 1.807) is 6.92 Å². The van der Waals surface area contributed by atoms with Crippen molar-refractivity contribution in [1.29, 1.82) is 0 Å². The lowest BCUT2D eigenvalue weighted by Crippen LogP contribution is -2.08. The molecule has 0 aliphatic carbocycles. The van der Waals surface area contributed by atoms with Crippen molar-refractivity contribution in [2.24, 2.45) is 0 Å². The van der Waals surface area contributed by atoms with E-state index >= 15 is 0 Å². The molecule has 0 radical (unpaired) electrons. The van der Waals surface area contributed by atoms with Crippen LogP contribution in [0.25, 0.3) is 0 Å². The summed E-state index contributed by atoms with van der Waals surface area (Å²) in [6, 6.07) is 0. The highest BCUT2D eigenvalue weighted by molar-refractivity contribution is 7.99. The Morgan fingerprint density at radius 1 is 1.47 bits per heavy atom. The molecule has 5 nitrogen and oxygen atoms in total. The van der Waals surface area contributed by atoms with Crippen LogP contribution in [0, 0.1) is 0 Å². The predicted molar refractivity (Wildman–Crippen MR) is 60.3 cm³/mol. The predicted octanol–water partition coefficient (Wildman–Crippen LogP) is 1.24. The Morgan fingerprint density at radius 2 is 2.07 bits per heavy atom. The van der Waals surface area contributed by atoms with Crippen LogP contribution < -0.4 is 0 Å². The van der Waals surface area contributed by atoms with E-state index in [0.29, 0.717) is 23.7 Å². The van der Waals surface area contributed by atoms with Gasteiger partial charge in [-0.05, 0) is 6.92 Å². The van der Waals surface area contributed by atoms with Crippen molar-refractivity contribution in [2.45, 2.75) is 6.92 Å². The van der Waals surface area contributed by atoms with Crippen molar-refractivity contribution >= 4 is 26.0 Å². The minimum absolute atomic E-state index is 0.230. The highest BCUT2D eigenvalue weighted by atomic mass is 32.2. The summed E-state index contributed by atoms with van der Waals surface area (Å²) >= 11 is 1.48. The van der Waals surface area contributed by atoms with Crippen molar-refractivity contribution in [3.63, 3.8) is 0 Å². The molecule has 0 aliphatic rings. The average Bonchev–Trinajstić information content (AvgIpc) is 2.15. The third kappa shape index (κ3) is 10.0. The zero-order valence-corrected chi connectivity index (χ0v) is 10.3. The molecule has 0 saturated carbocycles. The monoisotopic (exact) mass is 254 g/mol. The zero-order chi connectivity index (χ0) is 11.7. The molecule has 0 spiro atoms. The summed E-state index contributed by atoms with van der Waals surface area (Å²) in [5.41, 5.74) is 0.377. The summed E-state index contributed by atoms with van der Waals surface area (Å²) in [6.45, 7) is 5.57. The molecular formula is C8H15O5PS. The molecule has 88 valence electrons. The second kappa shape index (κ2) is 8.97. The van der Waals surface area contributed by atoms with Crippen LogP contribution in [0.5, 0.6) is 0 Å². The molecule has 0 fully saturated rings. The van der Waals surface area contributed by atoms with Crippen molar-refractivity contribution < 1.29 is 23.5 Å². The normalized spacial score (nSPS) is 12.1. The molecule has 7 heteroatoms. The van der Waals surface area contributed by atoms with Crippen LogP contribution in [-0.2, 0) is 18.6 Å². The first-order valence-corrected chi connectivity index (χ1v) is 6.72. The molecule has 0 rings (SSSR count). The number of esters is 1. The molecule has 0 heterocycles. The van der Waals surface area contributed by atoms with Crippen molar-refractivity contribution in [3.8, 4) is 0 Å². The van der Waals surface area contributed by atoms with Crippen LogP contribution in [0.4, 0.5) is 0 Å². The third-order valence-corrected chi connectivity index (χ3v) is 2.62. The maximum Gasteiger partial charge on any atom is 0.333 e. The van der Waals surface area contributed by atoms with Crippen molar-refractivity contribution in [1.82, 2.24) is 0 Å². The van der Waals surface area contributed by atoms with Gasteiger partial charge in [0.2, 0.25) is 0 Å². The minimum Gasteiger partial charge on any atom is -0.461 e. The summed E-state index contributed by atoms with van der Waals surface area (Å²) < 4.78 is 19.4. The van der Waals surface area contributed by atoms with Crippen LogP contribution in [-0.4, -0.2) is 35.6 Å². The van der Waals surface area contributed by atoms with Crippen LogP contribution in [0.2, 0.25) is 0 Å². The van der Waals surface area contributed by atoms with E-state index in [0.717, 1.165) is 0 Å². The lowest BCUT2D eigenvalue weighted by molar-refractivity contribution is -0.138. The summed E-state index contributed by atoms with van der Waals surface area (Å²) in [5.74, 6) is 0.836. The average molecular weight is 254 g/mol. The first kappa shape index (κ1) is 14.7. The summed E-state index contributed by atoms with van der Waals surface area (Å²) in [4.78, 5) is 19.2. The quantitative estimate of drug-likeness (QED) is 0.304. The molecule has 1 atom stereocenters. The summed E-state index contributed by atoms with van der Waals surface area (Å²) in [5, 5.41) is 0. The molecule has 0 aromatic rings. The number of thioether (sulfide) groups is 1. The van der Waals surface area contributed by atoms with Gasteiger partial charge in [0.1, 0.15) is 6.61 Å². The van der Waals surface area contributed by atoms with Crippen LogP contribution in [0.1, 0.15) is 6.92 Å². The summed E-state index contributed by atoms with van der Waals surface area (Å²) in [7, 11) is -2.81. The summed E-state index contributed by atoms with van der Waals surface area (Å²) in [6.07, 6.45) is 0. The van der Waals surface area contributed by atoms with Gasteiger partial charge in [-0.1, -0.05) is 6.58 Å². The number of rotatable bonds is 8. The van der Waals surface area contributed by atoms with E-state index in [9.17, 15) is 9.36 Å². The molecule has 15 heavy (non-hydrogen) atoms. The van der Waals surface area contributed by atoms with Gasteiger partial charge in [-0.2, -0.15) is 11.8 Å². The van der Waals surface area contributed by atoms with Gasteiger partial charge >= 0.3 is 14.2 Å². The Balaban J connectivity index is 3.22. The Bertz CT molecular complexity index is 243. The minimum atomic E-state index is -2.81. The van der Waals surface area contributed by atoms with E-state index in [4.69, 9.17) is 9.63 Å². The Kier molecular flexibility index (Phi) is 8.80. The second-order valence-corrected chi connectivity index (χ2v) is 4.69. The molecular weight excluding hydrogens is 239 g/mol. The number of hydrogen-bond donors (Lipinski definition) is 1. The maximum absolute atomic E-state index is 10.9. The Morgan fingerprint density at radius 3 is 2.60 bits per heavy atom. The first-order valence-electron chi connectivity index (χ1n) is 4.30. The van der Waals surface area contributed by atoms with Crippen LogP contribution in [0.15, 0.2) is 12.2 Å². The van der Waals surface area contributed by atoms with Gasteiger partial charge in [-0.15, -0.1) is 0 Å². The SMILES string of the molecule is C=C(C)C(=O)OCCSCCO[PH](=O)O.